The van der Waals surface area contributed by atoms with Crippen molar-refractivity contribution in [1.82, 2.24) is 24.5 Å². The van der Waals surface area contributed by atoms with Gasteiger partial charge in [-0.05, 0) is 25.5 Å². The molecule has 0 saturated carbocycles. The van der Waals surface area contributed by atoms with Gasteiger partial charge in [-0.15, -0.1) is 0 Å². The summed E-state index contributed by atoms with van der Waals surface area (Å²) in [6.45, 7) is 2.44. The second-order valence-corrected chi connectivity index (χ2v) is 11.0. The Morgan fingerprint density at radius 1 is 1.14 bits per heavy atom. The first-order valence-corrected chi connectivity index (χ1v) is 13.6. The zero-order valence-electron chi connectivity index (χ0n) is 23.1. The van der Waals surface area contributed by atoms with Crippen molar-refractivity contribution in [3.8, 4) is 11.1 Å². The second-order valence-electron chi connectivity index (χ2n) is 11.0. The topological polar surface area (TPSA) is 131 Å². The van der Waals surface area contributed by atoms with Crippen LogP contribution in [0, 0.1) is 17.6 Å². The van der Waals surface area contributed by atoms with Gasteiger partial charge < -0.3 is 30.6 Å². The number of hydrogen-bond donors (Lipinski definition) is 4. The summed E-state index contributed by atoms with van der Waals surface area (Å²) in [5.41, 5.74) is 4.97. The third-order valence-electron chi connectivity index (χ3n) is 8.68. The molecule has 0 amide bonds. The lowest BCUT2D eigenvalue weighted by Crippen LogP contribution is -2.35. The van der Waals surface area contributed by atoms with E-state index in [1.165, 1.54) is 10.9 Å². The van der Waals surface area contributed by atoms with Gasteiger partial charge in [0.2, 0.25) is 5.43 Å². The van der Waals surface area contributed by atoms with E-state index in [1.54, 1.807) is 32.6 Å². The van der Waals surface area contributed by atoms with Crippen LogP contribution < -0.4 is 21.1 Å². The zero-order valence-corrected chi connectivity index (χ0v) is 23.1. The SMILES string of the molecule is CNc1cc(F)c(F)c2c1[nH]c1ncc(-c3cnc4c(c3)c(=O)c(C(=O)O)cn4NC)c(N3CC[C@@H]4CN(C)C[C@@H]43)c12. The molecule has 0 bridgehead atoms. The average molecular weight is 575 g/mol. The highest BCUT2D eigenvalue weighted by atomic mass is 19.2. The van der Waals surface area contributed by atoms with Gasteiger partial charge in [0.15, 0.2) is 17.3 Å². The zero-order chi connectivity index (χ0) is 29.4. The molecule has 0 aliphatic carbocycles. The molecule has 42 heavy (non-hydrogen) atoms. The highest BCUT2D eigenvalue weighted by molar-refractivity contribution is 6.18. The van der Waals surface area contributed by atoms with Crippen LogP contribution in [0.5, 0.6) is 0 Å². The smallest absolute Gasteiger partial charge is 0.341 e. The first kappa shape index (κ1) is 26.1. The maximum atomic E-state index is 15.7. The van der Waals surface area contributed by atoms with Gasteiger partial charge in [-0.25, -0.2) is 28.2 Å². The molecule has 2 aliphatic rings. The van der Waals surface area contributed by atoms with Crippen molar-refractivity contribution in [3.05, 3.63) is 58.1 Å². The van der Waals surface area contributed by atoms with E-state index < -0.39 is 28.6 Å². The number of likely N-dealkylation sites (N-methyl/N-ethyl adjacent to an activating group) is 1. The Morgan fingerprint density at radius 2 is 1.95 bits per heavy atom. The van der Waals surface area contributed by atoms with Crippen molar-refractivity contribution >= 4 is 50.3 Å². The Bertz CT molecular complexity index is 2010. The minimum absolute atomic E-state index is 0.0907. The fourth-order valence-corrected chi connectivity index (χ4v) is 6.78. The second kappa shape index (κ2) is 9.38. The Hall–Kier alpha value is -4.78. The van der Waals surface area contributed by atoms with Gasteiger partial charge in [0.1, 0.15) is 11.2 Å². The first-order valence-electron chi connectivity index (χ1n) is 13.6. The van der Waals surface area contributed by atoms with Gasteiger partial charge in [-0.1, -0.05) is 0 Å². The van der Waals surface area contributed by atoms with E-state index in [0.29, 0.717) is 51.5 Å². The normalized spacial score (nSPS) is 18.8. The lowest BCUT2D eigenvalue weighted by molar-refractivity contribution is 0.0695. The van der Waals surface area contributed by atoms with E-state index in [2.05, 4.69) is 42.5 Å². The molecule has 0 radical (unpaired) electrons. The van der Waals surface area contributed by atoms with Crippen LogP contribution in [0.2, 0.25) is 0 Å². The molecule has 7 rings (SSSR count). The molecule has 0 spiro atoms. The molecule has 1 aromatic carbocycles. The molecule has 5 aromatic rings. The van der Waals surface area contributed by atoms with Crippen LogP contribution in [-0.2, 0) is 0 Å². The van der Waals surface area contributed by atoms with E-state index >= 15 is 4.39 Å². The fourth-order valence-electron chi connectivity index (χ4n) is 6.78. The highest BCUT2D eigenvalue weighted by Crippen LogP contribution is 2.46. The quantitative estimate of drug-likeness (QED) is 0.249. The van der Waals surface area contributed by atoms with Gasteiger partial charge >= 0.3 is 5.97 Å². The van der Waals surface area contributed by atoms with Crippen molar-refractivity contribution in [2.75, 3.05) is 56.4 Å². The minimum Gasteiger partial charge on any atom is -0.477 e. The third-order valence-corrected chi connectivity index (χ3v) is 8.68. The molecular weight excluding hydrogens is 546 g/mol. The molecule has 2 atom stereocenters. The van der Waals surface area contributed by atoms with E-state index in [0.717, 1.165) is 25.6 Å². The first-order chi connectivity index (χ1) is 20.2. The number of aromatic carboxylic acids is 1. The number of nitrogens with zero attached hydrogens (tertiary/aromatic N) is 5. The molecule has 4 N–H and O–H groups in total. The Kier molecular flexibility index (Phi) is 5.84. The highest BCUT2D eigenvalue weighted by Gasteiger charge is 2.42. The summed E-state index contributed by atoms with van der Waals surface area (Å²) in [6.07, 6.45) is 5.36. The number of halogens is 2. The molecular formula is C29H28F2N8O3. The van der Waals surface area contributed by atoms with Crippen LogP contribution in [0.3, 0.4) is 0 Å². The van der Waals surface area contributed by atoms with Gasteiger partial charge in [0.25, 0.3) is 0 Å². The number of fused-ring (bicyclic) bond motifs is 5. The maximum absolute atomic E-state index is 15.7. The fraction of sp³-hybridized carbons (Fsp3) is 0.310. The van der Waals surface area contributed by atoms with Crippen LogP contribution in [0.1, 0.15) is 16.8 Å². The summed E-state index contributed by atoms with van der Waals surface area (Å²) in [7, 11) is 5.30. The molecule has 2 fully saturated rings. The van der Waals surface area contributed by atoms with Gasteiger partial charge in [-0.3, -0.25) is 4.79 Å². The van der Waals surface area contributed by atoms with E-state index in [4.69, 9.17) is 0 Å². The van der Waals surface area contributed by atoms with Crippen LogP contribution in [-0.4, -0.2) is 82.4 Å². The van der Waals surface area contributed by atoms with E-state index in [1.807, 2.05) is 0 Å². The minimum atomic E-state index is -1.36. The van der Waals surface area contributed by atoms with Gasteiger partial charge in [-0.2, -0.15) is 0 Å². The number of carbonyl (C=O) groups is 1. The number of carboxylic acid groups (broad SMARTS) is 1. The summed E-state index contributed by atoms with van der Waals surface area (Å²) in [4.78, 5) is 41.9. The summed E-state index contributed by atoms with van der Waals surface area (Å²) < 4.78 is 32.0. The summed E-state index contributed by atoms with van der Waals surface area (Å²) in [5.74, 6) is -2.91. The Balaban J connectivity index is 1.57. The van der Waals surface area contributed by atoms with Crippen LogP contribution in [0.15, 0.2) is 35.5 Å². The average Bonchev–Trinajstić information content (AvgIpc) is 3.66. The molecule has 11 nitrogen and oxygen atoms in total. The lowest BCUT2D eigenvalue weighted by Gasteiger charge is -2.29. The van der Waals surface area contributed by atoms with E-state index in [-0.39, 0.29) is 22.5 Å². The number of aromatic amines is 1. The Morgan fingerprint density at radius 3 is 2.69 bits per heavy atom. The number of rotatable bonds is 5. The summed E-state index contributed by atoms with van der Waals surface area (Å²) in [5, 5.41) is 13.2. The Labute approximate surface area is 237 Å². The molecule has 0 unspecified atom stereocenters. The number of benzene rings is 1. The van der Waals surface area contributed by atoms with Crippen molar-refractivity contribution in [3.63, 3.8) is 0 Å². The van der Waals surface area contributed by atoms with Crippen LogP contribution in [0.4, 0.5) is 20.2 Å². The number of anilines is 2. The number of hydrogen-bond acceptors (Lipinski definition) is 8. The monoisotopic (exact) mass is 574 g/mol. The molecule has 4 aromatic heterocycles. The molecule has 216 valence electrons. The predicted molar refractivity (Wildman–Crippen MR) is 157 cm³/mol. The summed E-state index contributed by atoms with van der Waals surface area (Å²) >= 11 is 0. The lowest BCUT2D eigenvalue weighted by atomic mass is 9.99. The largest absolute Gasteiger partial charge is 0.477 e. The number of nitrogens with one attached hydrogen (secondary N) is 3. The van der Waals surface area contributed by atoms with Crippen molar-refractivity contribution in [1.29, 1.82) is 0 Å². The predicted octanol–water partition coefficient (Wildman–Crippen LogP) is 3.42. The van der Waals surface area contributed by atoms with Crippen molar-refractivity contribution < 1.29 is 18.7 Å². The number of likely N-dealkylation sites (tertiary alicyclic amines) is 1. The number of carboxylic acids is 1. The number of pyridine rings is 3. The molecule has 6 heterocycles. The van der Waals surface area contributed by atoms with E-state index in [9.17, 15) is 19.1 Å². The third kappa shape index (κ3) is 3.66. The molecule has 2 aliphatic heterocycles. The molecule has 2 saturated heterocycles. The summed E-state index contributed by atoms with van der Waals surface area (Å²) in [6, 6.07) is 2.85. The number of H-pyrrole nitrogens is 1. The van der Waals surface area contributed by atoms with Crippen LogP contribution in [0.25, 0.3) is 44.1 Å². The maximum Gasteiger partial charge on any atom is 0.341 e. The van der Waals surface area contributed by atoms with Crippen LogP contribution >= 0.6 is 0 Å². The van der Waals surface area contributed by atoms with Crippen molar-refractivity contribution in [2.45, 2.75) is 12.5 Å². The van der Waals surface area contributed by atoms with Gasteiger partial charge in [0.05, 0.1) is 33.1 Å². The standard InChI is InChI=1S/C29H28F2N8O3/c1-32-19-7-18(30)23(31)21-22-25(38-5-4-13-10-37(3)12-20(13)38)16(9-34-27(22)36-24(19)21)14-6-15-26(40)17(29(41)42)11-39(33-2)28(15)35-8-14/h6-9,11,13,20,32-33H,4-5,10,12H2,1-3H3,(H,34,36)(H,41,42)/t13-,20+/m1/s1. The van der Waals surface area contributed by atoms with Gasteiger partial charge in [0, 0.05) is 75.6 Å². The molecule has 13 heteroatoms. The van der Waals surface area contributed by atoms with Crippen molar-refractivity contribution in [2.24, 2.45) is 5.92 Å². The number of aromatic nitrogens is 4.